The van der Waals surface area contributed by atoms with Crippen molar-refractivity contribution in [2.45, 2.75) is 137 Å². The lowest BCUT2D eigenvalue weighted by atomic mass is 9.78. The van der Waals surface area contributed by atoms with Crippen LogP contribution in [0.25, 0.3) is 0 Å². The third kappa shape index (κ3) is 12.5. The topological polar surface area (TPSA) is 44.8 Å². The highest BCUT2D eigenvalue weighted by Crippen LogP contribution is 2.49. The highest BCUT2D eigenvalue weighted by Gasteiger charge is 2.34. The highest BCUT2D eigenvalue weighted by molar-refractivity contribution is 8.13. The van der Waals surface area contributed by atoms with Crippen molar-refractivity contribution in [1.82, 2.24) is 0 Å². The predicted molar refractivity (Wildman–Crippen MR) is 162 cm³/mol. The van der Waals surface area contributed by atoms with Gasteiger partial charge in [-0.25, -0.2) is 0 Å². The van der Waals surface area contributed by atoms with Gasteiger partial charge in [0.05, 0.1) is 13.2 Å². The van der Waals surface area contributed by atoms with Crippen LogP contribution in [0, 0.1) is 0 Å². The molecule has 0 bridgehead atoms. The van der Waals surface area contributed by atoms with Crippen molar-refractivity contribution in [2.24, 2.45) is 0 Å². The molecule has 0 amide bonds. The van der Waals surface area contributed by atoms with Gasteiger partial charge in [0, 0.05) is 29.4 Å². The van der Waals surface area contributed by atoms with E-state index >= 15 is 0 Å². The molecule has 1 rings (SSSR count). The Morgan fingerprint density at radius 3 is 1.97 bits per heavy atom. The monoisotopic (exact) mass is 550 g/mol. The van der Waals surface area contributed by atoms with E-state index < -0.39 is 0 Å². The summed E-state index contributed by atoms with van der Waals surface area (Å²) in [4.78, 5) is 12.2. The Hall–Kier alpha value is -1.14. The first-order valence-corrected chi connectivity index (χ1v) is 16.6. The summed E-state index contributed by atoms with van der Waals surface area (Å²) >= 11 is 1.49. The number of carbonyl (C=O) groups is 1. The summed E-state index contributed by atoms with van der Waals surface area (Å²) in [7, 11) is 0.334. The van der Waals surface area contributed by atoms with Gasteiger partial charge in [0.1, 0.15) is 17.2 Å². The molecule has 0 aromatic heterocycles. The lowest BCUT2D eigenvalue weighted by Gasteiger charge is -2.33. The quantitative estimate of drug-likeness (QED) is 0.135. The molecule has 0 saturated heterocycles. The molecule has 0 unspecified atom stereocenters. The van der Waals surface area contributed by atoms with Gasteiger partial charge in [-0.1, -0.05) is 99.8 Å². The Bertz CT molecular complexity index is 796. The maximum atomic E-state index is 12.2. The van der Waals surface area contributed by atoms with E-state index in [9.17, 15) is 4.79 Å². The fraction of sp³-hybridized carbons (Fsp3) is 0.774. The largest absolute Gasteiger partial charge is 0.540 e. The lowest BCUT2D eigenvalue weighted by Crippen LogP contribution is -2.23. The summed E-state index contributed by atoms with van der Waals surface area (Å²) in [6.07, 6.45) is 9.55. The molecule has 0 spiro atoms. The average molecular weight is 551 g/mol. The number of rotatable bonds is 18. The predicted octanol–water partition coefficient (Wildman–Crippen LogP) is 9.29. The fourth-order valence-electron chi connectivity index (χ4n) is 4.19. The van der Waals surface area contributed by atoms with E-state index in [-0.39, 0.29) is 10.8 Å². The normalized spacial score (nSPS) is 12.0. The van der Waals surface area contributed by atoms with Crippen LogP contribution in [0.5, 0.6) is 17.2 Å². The number of carbonyl (C=O) groups excluding carboxylic acids is 1. The van der Waals surface area contributed by atoms with Crippen LogP contribution in [0.2, 0.25) is 6.04 Å². The molecule has 0 atom stereocenters. The van der Waals surface area contributed by atoms with Crippen molar-refractivity contribution < 1.29 is 18.7 Å². The SMILES string of the molecule is CCCCCCCC(=O)SCCC[Si]Oc1cc(OCCC)c(C(C)(C)C)c(OCCC)c1C(C)(C)C. The molecule has 0 aliphatic rings. The van der Waals surface area contributed by atoms with Gasteiger partial charge >= 0.3 is 9.76 Å². The van der Waals surface area contributed by atoms with Crippen molar-refractivity contribution in [2.75, 3.05) is 19.0 Å². The summed E-state index contributed by atoms with van der Waals surface area (Å²) in [6.45, 7) is 21.1. The molecular weight excluding hydrogens is 496 g/mol. The zero-order valence-corrected chi connectivity index (χ0v) is 27.1. The fourth-order valence-corrected chi connectivity index (χ4v) is 5.99. The minimum absolute atomic E-state index is 0.132. The summed E-state index contributed by atoms with van der Waals surface area (Å²) < 4.78 is 19.2. The molecule has 0 saturated carbocycles. The molecule has 0 fully saturated rings. The van der Waals surface area contributed by atoms with Crippen LogP contribution in [0.3, 0.4) is 0 Å². The van der Waals surface area contributed by atoms with E-state index in [1.165, 1.54) is 37.4 Å². The highest BCUT2D eigenvalue weighted by atomic mass is 32.2. The first kappa shape index (κ1) is 33.9. The smallest absolute Gasteiger partial charge is 0.310 e. The summed E-state index contributed by atoms with van der Waals surface area (Å²) in [5.41, 5.74) is 1.97. The van der Waals surface area contributed by atoms with E-state index in [4.69, 9.17) is 13.9 Å². The van der Waals surface area contributed by atoms with Crippen LogP contribution in [0.1, 0.15) is 131 Å². The number of unbranched alkanes of at least 4 members (excludes halogenated alkanes) is 4. The lowest BCUT2D eigenvalue weighted by molar-refractivity contribution is -0.111. The minimum Gasteiger partial charge on any atom is -0.540 e. The van der Waals surface area contributed by atoms with Gasteiger partial charge in [-0.2, -0.15) is 0 Å². The van der Waals surface area contributed by atoms with E-state index in [0.717, 1.165) is 65.9 Å². The second kappa shape index (κ2) is 17.4. The molecule has 1 aromatic carbocycles. The molecule has 1 aromatic rings. The third-order valence-corrected chi connectivity index (χ3v) is 7.91. The first-order chi connectivity index (χ1) is 17.5. The van der Waals surface area contributed by atoms with Crippen LogP contribution in [0.4, 0.5) is 0 Å². The third-order valence-electron chi connectivity index (χ3n) is 5.97. The van der Waals surface area contributed by atoms with Crippen molar-refractivity contribution in [3.05, 3.63) is 17.2 Å². The van der Waals surface area contributed by atoms with Crippen molar-refractivity contribution in [1.29, 1.82) is 0 Å². The zero-order valence-electron chi connectivity index (χ0n) is 25.3. The second-order valence-electron chi connectivity index (χ2n) is 11.9. The Labute approximate surface area is 235 Å². The van der Waals surface area contributed by atoms with Gasteiger partial charge in [0.25, 0.3) is 0 Å². The number of hydrogen-bond donors (Lipinski definition) is 0. The molecule has 0 aliphatic heterocycles. The molecule has 37 heavy (non-hydrogen) atoms. The minimum atomic E-state index is -0.147. The van der Waals surface area contributed by atoms with Gasteiger partial charge in [0.15, 0.2) is 5.12 Å². The van der Waals surface area contributed by atoms with Gasteiger partial charge in [0.2, 0.25) is 0 Å². The maximum absolute atomic E-state index is 12.2. The Morgan fingerprint density at radius 1 is 0.784 bits per heavy atom. The standard InChI is InChI=1S/C31H54O4SSi/c1-10-13-14-15-16-18-26(32)36-21-17-22-37-35-25-23-24(33-19-11-2)27(30(4,5)6)29(34-20-12-3)28(25)31(7,8)9/h23H,10-22H2,1-9H3. The van der Waals surface area contributed by atoms with Gasteiger partial charge in [-0.05, 0) is 42.6 Å². The van der Waals surface area contributed by atoms with E-state index in [1.807, 2.05) is 0 Å². The Morgan fingerprint density at radius 2 is 1.38 bits per heavy atom. The number of hydrogen-bond acceptors (Lipinski definition) is 5. The molecule has 0 aliphatic carbocycles. The molecule has 212 valence electrons. The first-order valence-electron chi connectivity index (χ1n) is 14.5. The molecular formula is C31H54O4SSi. The van der Waals surface area contributed by atoms with Crippen molar-refractivity contribution in [3.63, 3.8) is 0 Å². The summed E-state index contributed by atoms with van der Waals surface area (Å²) in [6, 6.07) is 3.04. The van der Waals surface area contributed by atoms with Gasteiger partial charge in [-0.3, -0.25) is 4.79 Å². The van der Waals surface area contributed by atoms with Crippen molar-refractivity contribution >= 4 is 26.6 Å². The number of ether oxygens (including phenoxy) is 2. The van der Waals surface area contributed by atoms with Crippen LogP contribution >= 0.6 is 11.8 Å². The number of benzene rings is 1. The zero-order chi connectivity index (χ0) is 27.9. The van der Waals surface area contributed by atoms with E-state index in [0.29, 0.717) is 34.5 Å². The average Bonchev–Trinajstić information content (AvgIpc) is 2.81. The Balaban J connectivity index is 2.94. The number of thioether (sulfide) groups is 1. The van der Waals surface area contributed by atoms with Gasteiger partial charge in [-0.15, -0.1) is 0 Å². The van der Waals surface area contributed by atoms with E-state index in [2.05, 4.69) is 68.4 Å². The van der Waals surface area contributed by atoms with Crippen LogP contribution in [-0.4, -0.2) is 33.8 Å². The second-order valence-corrected chi connectivity index (χ2v) is 14.0. The van der Waals surface area contributed by atoms with Crippen molar-refractivity contribution in [3.8, 4) is 17.2 Å². The summed E-state index contributed by atoms with van der Waals surface area (Å²) in [5, 5.41) is 0.337. The Kier molecular flexibility index (Phi) is 16.0. The van der Waals surface area contributed by atoms with Crippen LogP contribution in [0.15, 0.2) is 6.07 Å². The summed E-state index contributed by atoms with van der Waals surface area (Å²) in [5.74, 6) is 3.53. The van der Waals surface area contributed by atoms with E-state index in [1.54, 1.807) is 0 Å². The molecule has 6 heteroatoms. The van der Waals surface area contributed by atoms with Crippen LogP contribution < -0.4 is 13.9 Å². The van der Waals surface area contributed by atoms with Gasteiger partial charge < -0.3 is 13.9 Å². The van der Waals surface area contributed by atoms with Crippen LogP contribution in [-0.2, 0) is 15.6 Å². The molecule has 4 nitrogen and oxygen atoms in total. The molecule has 0 heterocycles. The molecule has 0 N–H and O–H groups in total. The maximum Gasteiger partial charge on any atom is 0.310 e. The molecule has 2 radical (unpaired) electrons.